The first-order chi connectivity index (χ1) is 6.02. The molecule has 1 N–H and O–H groups in total. The molecule has 0 aromatic carbocycles. The van der Waals surface area contributed by atoms with E-state index in [0.717, 1.165) is 6.42 Å². The maximum atomic E-state index is 10.9. The zero-order valence-electron chi connectivity index (χ0n) is 8.26. The number of amides is 1. The summed E-state index contributed by atoms with van der Waals surface area (Å²) in [4.78, 5) is 10.9. The van der Waals surface area contributed by atoms with E-state index in [1.54, 1.807) is 7.11 Å². The quantitative estimate of drug-likeness (QED) is 0.632. The second-order valence-corrected chi connectivity index (χ2v) is 3.95. The number of nitrogens with one attached hydrogen (secondary N) is 1. The Morgan fingerprint density at radius 2 is 2.31 bits per heavy atom. The summed E-state index contributed by atoms with van der Waals surface area (Å²) in [5.74, 6) is 1.70. The Balaban J connectivity index is 2.50. The lowest BCUT2D eigenvalue weighted by Gasteiger charge is -2.50. The topological polar surface area (TPSA) is 38.3 Å². The van der Waals surface area contributed by atoms with Crippen LogP contribution in [0.5, 0.6) is 0 Å². The molecule has 72 valence electrons. The third kappa shape index (κ3) is 1.68. The van der Waals surface area contributed by atoms with Gasteiger partial charge in [0, 0.05) is 18.6 Å². The van der Waals surface area contributed by atoms with Gasteiger partial charge in [0.2, 0.25) is 0 Å². The molecule has 1 saturated carbocycles. The molecule has 0 spiro atoms. The molecule has 2 atom stereocenters. The molecule has 0 saturated heterocycles. The molecule has 0 heterocycles. The molecule has 1 fully saturated rings. The summed E-state index contributed by atoms with van der Waals surface area (Å²) in [7, 11) is 1.69. The van der Waals surface area contributed by atoms with E-state index in [1.165, 1.54) is 0 Å². The molecule has 0 radical (unpaired) electrons. The van der Waals surface area contributed by atoms with E-state index in [1.807, 2.05) is 5.92 Å². The van der Waals surface area contributed by atoms with Crippen LogP contribution in [0, 0.1) is 17.8 Å². The first-order valence-corrected chi connectivity index (χ1v) is 4.32. The predicted octanol–water partition coefficient (Wildman–Crippen LogP) is 0.549. The van der Waals surface area contributed by atoms with Gasteiger partial charge in [0.25, 0.3) is 5.91 Å². The van der Waals surface area contributed by atoms with E-state index in [9.17, 15) is 4.79 Å². The van der Waals surface area contributed by atoms with Gasteiger partial charge in [0.05, 0.1) is 6.10 Å². The Morgan fingerprint density at radius 3 is 2.69 bits per heavy atom. The van der Waals surface area contributed by atoms with Crippen molar-refractivity contribution in [2.45, 2.75) is 32.4 Å². The minimum absolute atomic E-state index is 0.0126. The second-order valence-electron chi connectivity index (χ2n) is 3.95. The lowest BCUT2D eigenvalue weighted by Crippen LogP contribution is -2.61. The average molecular weight is 181 g/mol. The number of hydrogen-bond donors (Lipinski definition) is 1. The molecule has 2 unspecified atom stereocenters. The van der Waals surface area contributed by atoms with Gasteiger partial charge in [-0.05, 0) is 12.3 Å². The summed E-state index contributed by atoms with van der Waals surface area (Å²) in [6, 6.07) is 0.140. The van der Waals surface area contributed by atoms with E-state index in [2.05, 4.69) is 19.2 Å². The van der Waals surface area contributed by atoms with Gasteiger partial charge in [-0.15, -0.1) is 6.42 Å². The number of methoxy groups -OCH3 is 1. The van der Waals surface area contributed by atoms with Crippen molar-refractivity contribution in [3.05, 3.63) is 0 Å². The van der Waals surface area contributed by atoms with Crippen LogP contribution < -0.4 is 5.32 Å². The first-order valence-electron chi connectivity index (χ1n) is 4.32. The van der Waals surface area contributed by atoms with Crippen LogP contribution in [0.1, 0.15) is 20.3 Å². The van der Waals surface area contributed by atoms with Gasteiger partial charge in [0.1, 0.15) is 0 Å². The first kappa shape index (κ1) is 10.1. The largest absolute Gasteiger partial charge is 0.381 e. The summed E-state index contributed by atoms with van der Waals surface area (Å²) in [5.41, 5.74) is -0.0126. The molecule has 3 nitrogen and oxygen atoms in total. The van der Waals surface area contributed by atoms with Gasteiger partial charge < -0.3 is 10.1 Å². The van der Waals surface area contributed by atoms with Gasteiger partial charge in [-0.3, -0.25) is 4.79 Å². The predicted molar refractivity (Wildman–Crippen MR) is 50.0 cm³/mol. The van der Waals surface area contributed by atoms with Crippen LogP contribution in [0.3, 0.4) is 0 Å². The number of ether oxygens (including phenoxy) is 1. The maximum absolute atomic E-state index is 10.9. The van der Waals surface area contributed by atoms with Crippen LogP contribution in [0.25, 0.3) is 0 Å². The van der Waals surface area contributed by atoms with Gasteiger partial charge in [0.15, 0.2) is 0 Å². The maximum Gasteiger partial charge on any atom is 0.295 e. The second kappa shape index (κ2) is 3.39. The standard InChI is InChI=1S/C10H15NO2/c1-5-9(12)11-7-6-8(13-4)10(7,2)3/h1,7-8H,6H2,2-4H3,(H,11,12). The monoisotopic (exact) mass is 181 g/mol. The lowest BCUT2D eigenvalue weighted by atomic mass is 9.64. The number of hydrogen-bond acceptors (Lipinski definition) is 2. The van der Waals surface area contributed by atoms with E-state index in [4.69, 9.17) is 11.2 Å². The van der Waals surface area contributed by atoms with Crippen LogP contribution in [0.15, 0.2) is 0 Å². The third-order valence-electron chi connectivity index (χ3n) is 2.90. The Kier molecular flexibility index (Phi) is 2.63. The fourth-order valence-electron chi connectivity index (χ4n) is 1.73. The summed E-state index contributed by atoms with van der Waals surface area (Å²) >= 11 is 0. The molecule has 0 bridgehead atoms. The molecule has 0 aliphatic heterocycles. The molecule has 0 aromatic heterocycles. The van der Waals surface area contributed by atoms with Crippen molar-refractivity contribution in [1.29, 1.82) is 0 Å². The normalized spacial score (nSPS) is 30.0. The minimum Gasteiger partial charge on any atom is -0.381 e. The number of carbonyl (C=O) groups is 1. The number of rotatable bonds is 2. The van der Waals surface area contributed by atoms with Crippen molar-refractivity contribution >= 4 is 5.91 Å². The molecular weight excluding hydrogens is 166 g/mol. The molecule has 1 aliphatic carbocycles. The molecule has 1 rings (SSSR count). The van der Waals surface area contributed by atoms with Gasteiger partial charge >= 0.3 is 0 Å². The summed E-state index contributed by atoms with van der Waals surface area (Å²) in [6.07, 6.45) is 6.02. The average Bonchev–Trinajstić information content (AvgIpc) is 2.10. The van der Waals surface area contributed by atoms with E-state index in [0.29, 0.717) is 0 Å². The van der Waals surface area contributed by atoms with Crippen molar-refractivity contribution in [1.82, 2.24) is 5.32 Å². The highest BCUT2D eigenvalue weighted by Crippen LogP contribution is 2.42. The van der Waals surface area contributed by atoms with Crippen LogP contribution in [-0.2, 0) is 9.53 Å². The smallest absolute Gasteiger partial charge is 0.295 e. The fraction of sp³-hybridized carbons (Fsp3) is 0.700. The van der Waals surface area contributed by atoms with Gasteiger partial charge in [-0.1, -0.05) is 13.8 Å². The summed E-state index contributed by atoms with van der Waals surface area (Å²) in [6.45, 7) is 4.12. The molecular formula is C10H15NO2. The number of terminal acetylenes is 1. The Hall–Kier alpha value is -1.01. The van der Waals surface area contributed by atoms with Crippen LogP contribution in [0.2, 0.25) is 0 Å². The molecule has 1 aliphatic rings. The highest BCUT2D eigenvalue weighted by molar-refractivity contribution is 5.93. The summed E-state index contributed by atoms with van der Waals surface area (Å²) < 4.78 is 5.24. The van der Waals surface area contributed by atoms with Crippen LogP contribution in [0.4, 0.5) is 0 Å². The molecule has 3 heteroatoms. The van der Waals surface area contributed by atoms with Crippen molar-refractivity contribution in [2.75, 3.05) is 7.11 Å². The van der Waals surface area contributed by atoms with E-state index in [-0.39, 0.29) is 23.5 Å². The van der Waals surface area contributed by atoms with Crippen LogP contribution >= 0.6 is 0 Å². The van der Waals surface area contributed by atoms with Crippen molar-refractivity contribution in [3.8, 4) is 12.3 Å². The van der Waals surface area contributed by atoms with Crippen molar-refractivity contribution in [2.24, 2.45) is 5.41 Å². The molecule has 13 heavy (non-hydrogen) atoms. The van der Waals surface area contributed by atoms with Crippen LogP contribution in [-0.4, -0.2) is 25.2 Å². The highest BCUT2D eigenvalue weighted by Gasteiger charge is 2.49. The molecule has 0 aromatic rings. The van der Waals surface area contributed by atoms with Gasteiger partial charge in [-0.2, -0.15) is 0 Å². The minimum atomic E-state index is -0.340. The third-order valence-corrected chi connectivity index (χ3v) is 2.90. The Labute approximate surface area is 78.8 Å². The summed E-state index contributed by atoms with van der Waals surface area (Å²) in [5, 5.41) is 2.77. The molecule has 1 amide bonds. The number of carbonyl (C=O) groups excluding carboxylic acids is 1. The van der Waals surface area contributed by atoms with Crippen molar-refractivity contribution < 1.29 is 9.53 Å². The zero-order chi connectivity index (χ0) is 10.1. The SMILES string of the molecule is C#CC(=O)NC1CC(OC)C1(C)C. The van der Waals surface area contributed by atoms with Crippen molar-refractivity contribution in [3.63, 3.8) is 0 Å². The Morgan fingerprint density at radius 1 is 1.69 bits per heavy atom. The van der Waals surface area contributed by atoms with Gasteiger partial charge in [-0.25, -0.2) is 0 Å². The zero-order valence-corrected chi connectivity index (χ0v) is 8.26. The fourth-order valence-corrected chi connectivity index (χ4v) is 1.73. The lowest BCUT2D eigenvalue weighted by molar-refractivity contribution is -0.127. The van der Waals surface area contributed by atoms with E-state index < -0.39 is 0 Å². The van der Waals surface area contributed by atoms with E-state index >= 15 is 0 Å². The highest BCUT2D eigenvalue weighted by atomic mass is 16.5. The Bertz CT molecular complexity index is 252.